The molecule has 7 nitrogen and oxygen atoms in total. The van der Waals surface area contributed by atoms with Gasteiger partial charge < -0.3 is 20.3 Å². The SMILES string of the molecule is COc1ccccc1[C@H](CNC(=O)NCc1ccn[nH]1)N(C)C. The Kier molecular flexibility index (Phi) is 5.99. The van der Waals surface area contributed by atoms with Gasteiger partial charge in [-0.05, 0) is 26.2 Å². The summed E-state index contributed by atoms with van der Waals surface area (Å²) in [6, 6.07) is 9.44. The van der Waals surface area contributed by atoms with E-state index in [9.17, 15) is 4.79 Å². The van der Waals surface area contributed by atoms with Crippen LogP contribution in [-0.4, -0.2) is 48.9 Å². The number of aromatic nitrogens is 2. The average Bonchev–Trinajstić information content (AvgIpc) is 3.06. The number of hydrogen-bond acceptors (Lipinski definition) is 4. The second-order valence-electron chi connectivity index (χ2n) is 5.37. The highest BCUT2D eigenvalue weighted by atomic mass is 16.5. The highest BCUT2D eigenvalue weighted by Crippen LogP contribution is 2.27. The van der Waals surface area contributed by atoms with E-state index in [0.29, 0.717) is 13.1 Å². The third kappa shape index (κ3) is 4.72. The normalized spacial score (nSPS) is 12.0. The number of nitrogens with zero attached hydrogens (tertiary/aromatic N) is 2. The lowest BCUT2D eigenvalue weighted by Crippen LogP contribution is -2.40. The number of H-pyrrole nitrogens is 1. The average molecular weight is 317 g/mol. The van der Waals surface area contributed by atoms with E-state index in [4.69, 9.17) is 4.74 Å². The molecule has 1 aromatic heterocycles. The van der Waals surface area contributed by atoms with Gasteiger partial charge in [0.15, 0.2) is 0 Å². The van der Waals surface area contributed by atoms with Crippen LogP contribution in [0.25, 0.3) is 0 Å². The molecule has 1 atom stereocenters. The number of rotatable bonds is 7. The number of carbonyl (C=O) groups is 1. The van der Waals surface area contributed by atoms with Gasteiger partial charge in [0.25, 0.3) is 0 Å². The molecule has 0 bridgehead atoms. The van der Waals surface area contributed by atoms with Crippen molar-refractivity contribution in [1.82, 2.24) is 25.7 Å². The molecule has 0 radical (unpaired) electrons. The van der Waals surface area contributed by atoms with Gasteiger partial charge in [0.1, 0.15) is 5.75 Å². The fourth-order valence-electron chi connectivity index (χ4n) is 2.32. The van der Waals surface area contributed by atoms with E-state index in [1.54, 1.807) is 13.3 Å². The maximum atomic E-state index is 11.9. The van der Waals surface area contributed by atoms with Crippen LogP contribution >= 0.6 is 0 Å². The molecule has 3 N–H and O–H groups in total. The van der Waals surface area contributed by atoms with Crippen molar-refractivity contribution in [2.75, 3.05) is 27.7 Å². The highest BCUT2D eigenvalue weighted by molar-refractivity contribution is 5.73. The van der Waals surface area contributed by atoms with Crippen LogP contribution in [0.5, 0.6) is 5.75 Å². The first-order valence-electron chi connectivity index (χ1n) is 7.41. The van der Waals surface area contributed by atoms with Gasteiger partial charge in [-0.25, -0.2) is 4.79 Å². The zero-order chi connectivity index (χ0) is 16.7. The topological polar surface area (TPSA) is 82.3 Å². The zero-order valence-electron chi connectivity index (χ0n) is 13.7. The number of methoxy groups -OCH3 is 1. The van der Waals surface area contributed by atoms with Gasteiger partial charge in [-0.3, -0.25) is 5.10 Å². The van der Waals surface area contributed by atoms with E-state index >= 15 is 0 Å². The van der Waals surface area contributed by atoms with E-state index in [2.05, 4.69) is 20.8 Å². The summed E-state index contributed by atoms with van der Waals surface area (Å²) in [5, 5.41) is 12.3. The van der Waals surface area contributed by atoms with Gasteiger partial charge in [-0.2, -0.15) is 5.10 Å². The Morgan fingerprint density at radius 2 is 2.09 bits per heavy atom. The van der Waals surface area contributed by atoms with Crippen molar-refractivity contribution in [1.29, 1.82) is 0 Å². The van der Waals surface area contributed by atoms with Crippen molar-refractivity contribution in [2.45, 2.75) is 12.6 Å². The van der Waals surface area contributed by atoms with Gasteiger partial charge in [0, 0.05) is 18.3 Å². The molecule has 2 aromatic rings. The lowest BCUT2D eigenvalue weighted by molar-refractivity contribution is 0.231. The van der Waals surface area contributed by atoms with Crippen molar-refractivity contribution in [3.8, 4) is 5.75 Å². The van der Waals surface area contributed by atoms with Crippen molar-refractivity contribution in [2.24, 2.45) is 0 Å². The number of urea groups is 1. The Labute approximate surface area is 136 Å². The predicted octanol–water partition coefficient (Wildman–Crippen LogP) is 1.52. The molecule has 23 heavy (non-hydrogen) atoms. The summed E-state index contributed by atoms with van der Waals surface area (Å²) in [7, 11) is 5.60. The standard InChI is InChI=1S/C16H23N5O2/c1-21(2)14(13-6-4-5-7-15(13)23-3)11-18-16(22)17-10-12-8-9-19-20-12/h4-9,14H,10-11H2,1-3H3,(H,19,20)(H2,17,18,22)/t14-/m0/s1. The van der Waals surface area contributed by atoms with Crippen LogP contribution < -0.4 is 15.4 Å². The molecule has 0 fully saturated rings. The predicted molar refractivity (Wildman–Crippen MR) is 88.2 cm³/mol. The second-order valence-corrected chi connectivity index (χ2v) is 5.37. The van der Waals surface area contributed by atoms with Gasteiger partial charge in [0.05, 0.1) is 25.4 Å². The number of likely N-dealkylation sites (N-methyl/N-ethyl adjacent to an activating group) is 1. The van der Waals surface area contributed by atoms with Crippen molar-refractivity contribution < 1.29 is 9.53 Å². The molecule has 124 valence electrons. The number of benzene rings is 1. The van der Waals surface area contributed by atoms with Crippen LogP contribution in [0.1, 0.15) is 17.3 Å². The van der Waals surface area contributed by atoms with Crippen LogP contribution in [0.15, 0.2) is 36.5 Å². The summed E-state index contributed by atoms with van der Waals surface area (Å²) in [6.07, 6.45) is 1.65. The molecule has 0 saturated heterocycles. The molecule has 7 heteroatoms. The molecule has 0 aliphatic heterocycles. The number of aromatic amines is 1. The molecule has 2 rings (SSSR count). The lowest BCUT2D eigenvalue weighted by atomic mass is 10.0. The fraction of sp³-hybridized carbons (Fsp3) is 0.375. The summed E-state index contributed by atoms with van der Waals surface area (Å²) >= 11 is 0. The smallest absolute Gasteiger partial charge is 0.315 e. The van der Waals surface area contributed by atoms with Crippen molar-refractivity contribution in [3.05, 3.63) is 47.8 Å². The number of ether oxygens (including phenoxy) is 1. The third-order valence-electron chi connectivity index (χ3n) is 3.58. The maximum Gasteiger partial charge on any atom is 0.315 e. The van der Waals surface area contributed by atoms with Crippen LogP contribution in [0.2, 0.25) is 0 Å². The van der Waals surface area contributed by atoms with Gasteiger partial charge in [-0.1, -0.05) is 18.2 Å². The summed E-state index contributed by atoms with van der Waals surface area (Å²) in [5.41, 5.74) is 1.89. The first-order valence-corrected chi connectivity index (χ1v) is 7.41. The Balaban J connectivity index is 1.93. The number of para-hydroxylation sites is 1. The van der Waals surface area contributed by atoms with Crippen LogP contribution in [0.4, 0.5) is 4.79 Å². The fourth-order valence-corrected chi connectivity index (χ4v) is 2.32. The number of hydrogen-bond donors (Lipinski definition) is 3. The molecular formula is C16H23N5O2. The molecule has 0 spiro atoms. The Morgan fingerprint density at radius 3 is 2.74 bits per heavy atom. The Morgan fingerprint density at radius 1 is 1.30 bits per heavy atom. The Bertz CT molecular complexity index is 613. The molecule has 0 unspecified atom stereocenters. The quantitative estimate of drug-likeness (QED) is 0.723. The molecule has 0 aliphatic rings. The van der Waals surface area contributed by atoms with Crippen LogP contribution in [-0.2, 0) is 6.54 Å². The van der Waals surface area contributed by atoms with Gasteiger partial charge in [0.2, 0.25) is 0 Å². The molecular weight excluding hydrogens is 294 g/mol. The summed E-state index contributed by atoms with van der Waals surface area (Å²) in [5.74, 6) is 0.811. The summed E-state index contributed by atoms with van der Waals surface area (Å²) < 4.78 is 5.41. The van der Waals surface area contributed by atoms with Crippen LogP contribution in [0, 0.1) is 0 Å². The van der Waals surface area contributed by atoms with E-state index in [-0.39, 0.29) is 12.1 Å². The minimum Gasteiger partial charge on any atom is -0.496 e. The third-order valence-corrected chi connectivity index (χ3v) is 3.58. The summed E-state index contributed by atoms with van der Waals surface area (Å²) in [4.78, 5) is 14.0. The minimum atomic E-state index is -0.221. The minimum absolute atomic E-state index is 0.0176. The van der Waals surface area contributed by atoms with Crippen molar-refractivity contribution in [3.63, 3.8) is 0 Å². The van der Waals surface area contributed by atoms with E-state index < -0.39 is 0 Å². The largest absolute Gasteiger partial charge is 0.496 e. The van der Waals surface area contributed by atoms with E-state index in [1.165, 1.54) is 0 Å². The van der Waals surface area contributed by atoms with Crippen molar-refractivity contribution >= 4 is 6.03 Å². The summed E-state index contributed by atoms with van der Waals surface area (Å²) in [6.45, 7) is 0.884. The first kappa shape index (κ1) is 16.8. The molecule has 2 amide bonds. The lowest BCUT2D eigenvalue weighted by Gasteiger charge is -2.26. The molecule has 0 aliphatic carbocycles. The van der Waals surface area contributed by atoms with E-state index in [1.807, 2.05) is 49.3 Å². The number of carbonyl (C=O) groups excluding carboxylic acids is 1. The second kappa shape index (κ2) is 8.19. The number of amides is 2. The molecule has 0 saturated carbocycles. The molecule has 1 heterocycles. The zero-order valence-corrected chi connectivity index (χ0v) is 13.7. The highest BCUT2D eigenvalue weighted by Gasteiger charge is 2.18. The first-order chi connectivity index (χ1) is 11.1. The van der Waals surface area contributed by atoms with Gasteiger partial charge >= 0.3 is 6.03 Å². The number of nitrogens with one attached hydrogen (secondary N) is 3. The van der Waals surface area contributed by atoms with E-state index in [0.717, 1.165) is 17.0 Å². The maximum absolute atomic E-state index is 11.9. The Hall–Kier alpha value is -2.54. The van der Waals surface area contributed by atoms with Crippen LogP contribution in [0.3, 0.4) is 0 Å². The van der Waals surface area contributed by atoms with Gasteiger partial charge in [-0.15, -0.1) is 0 Å². The molecule has 1 aromatic carbocycles. The monoisotopic (exact) mass is 317 g/mol.